The lowest BCUT2D eigenvalue weighted by atomic mass is 9.92. The van der Waals surface area contributed by atoms with Crippen LogP contribution in [-0.2, 0) is 4.74 Å². The second-order valence-electron chi connectivity index (χ2n) is 7.46. The minimum absolute atomic E-state index is 0.286. The molecule has 2 aliphatic heterocycles. The van der Waals surface area contributed by atoms with Gasteiger partial charge in [-0.2, -0.15) is 0 Å². The summed E-state index contributed by atoms with van der Waals surface area (Å²) < 4.78 is 5.39. The first kappa shape index (κ1) is 18.1. The summed E-state index contributed by atoms with van der Waals surface area (Å²) in [5.74, 6) is 0.286. The summed E-state index contributed by atoms with van der Waals surface area (Å²) >= 11 is 0. The zero-order valence-corrected chi connectivity index (χ0v) is 14.7. The largest absolute Gasteiger partial charge is 0.389 e. The highest BCUT2D eigenvalue weighted by atomic mass is 16.5. The van der Waals surface area contributed by atoms with Crippen LogP contribution >= 0.6 is 0 Å². The van der Waals surface area contributed by atoms with Crippen LogP contribution in [0.4, 0.5) is 0 Å². The van der Waals surface area contributed by atoms with Crippen molar-refractivity contribution in [2.75, 3.05) is 59.0 Å². The number of morpholine rings is 1. The smallest absolute Gasteiger partial charge is 0.0766 e. The number of likely N-dealkylation sites (tertiary alicyclic amines) is 1. The average Bonchev–Trinajstić information content (AvgIpc) is 2.53. The Kier molecular flexibility index (Phi) is 7.09. The molecule has 5 heteroatoms. The van der Waals surface area contributed by atoms with Gasteiger partial charge in [-0.1, -0.05) is 13.8 Å². The summed E-state index contributed by atoms with van der Waals surface area (Å²) in [6.45, 7) is 15.4. The van der Waals surface area contributed by atoms with Crippen LogP contribution in [0.25, 0.3) is 0 Å². The third kappa shape index (κ3) is 5.78. The second kappa shape index (κ2) is 8.60. The summed E-state index contributed by atoms with van der Waals surface area (Å²) in [6.07, 6.45) is 2.38. The van der Waals surface area contributed by atoms with E-state index in [4.69, 9.17) is 4.74 Å². The number of hydrogen-bond acceptors (Lipinski definition) is 5. The van der Waals surface area contributed by atoms with Crippen molar-refractivity contribution in [2.45, 2.75) is 45.3 Å². The predicted molar refractivity (Wildman–Crippen MR) is 90.2 cm³/mol. The Bertz CT molecular complexity index is 309. The molecule has 2 fully saturated rings. The molecule has 1 unspecified atom stereocenters. The Hall–Kier alpha value is -0.200. The van der Waals surface area contributed by atoms with Crippen LogP contribution < -0.4 is 5.32 Å². The Morgan fingerprint density at radius 2 is 1.64 bits per heavy atom. The molecule has 1 atom stereocenters. The maximum atomic E-state index is 10.3. The first-order chi connectivity index (χ1) is 10.5. The van der Waals surface area contributed by atoms with E-state index in [-0.39, 0.29) is 5.92 Å². The lowest BCUT2D eigenvalue weighted by Crippen LogP contribution is -2.50. The van der Waals surface area contributed by atoms with Crippen molar-refractivity contribution < 1.29 is 9.84 Å². The minimum Gasteiger partial charge on any atom is -0.389 e. The van der Waals surface area contributed by atoms with Gasteiger partial charge in [-0.05, 0) is 38.8 Å². The van der Waals surface area contributed by atoms with Gasteiger partial charge in [-0.3, -0.25) is 4.90 Å². The fraction of sp³-hybridized carbons (Fsp3) is 1.00. The molecule has 5 nitrogen and oxygen atoms in total. The standard InChI is InChI=1S/C17H35N3O2/c1-15(2)17(3,21)14-18-16-4-6-19(7-5-16)8-9-20-10-12-22-13-11-20/h15-16,18,21H,4-14H2,1-3H3. The molecule has 0 aromatic rings. The van der Waals surface area contributed by atoms with E-state index in [0.717, 1.165) is 26.3 Å². The van der Waals surface area contributed by atoms with Crippen molar-refractivity contribution in [1.29, 1.82) is 0 Å². The molecule has 2 aliphatic rings. The van der Waals surface area contributed by atoms with Crippen LogP contribution in [0.2, 0.25) is 0 Å². The molecule has 0 radical (unpaired) electrons. The topological polar surface area (TPSA) is 48.0 Å². The summed E-state index contributed by atoms with van der Waals surface area (Å²) in [5, 5.41) is 13.9. The number of piperidine rings is 1. The first-order valence-corrected chi connectivity index (χ1v) is 8.95. The molecule has 2 heterocycles. The van der Waals surface area contributed by atoms with Crippen LogP contribution in [-0.4, -0.2) is 85.6 Å². The van der Waals surface area contributed by atoms with Crippen molar-refractivity contribution in [3.63, 3.8) is 0 Å². The number of nitrogens with zero attached hydrogens (tertiary/aromatic N) is 2. The third-order valence-electron chi connectivity index (χ3n) is 5.42. The summed E-state index contributed by atoms with van der Waals surface area (Å²) in [5.41, 5.74) is -0.604. The Morgan fingerprint density at radius 1 is 1.09 bits per heavy atom. The highest BCUT2D eigenvalue weighted by molar-refractivity contribution is 4.84. The molecule has 2 rings (SSSR count). The van der Waals surface area contributed by atoms with Crippen molar-refractivity contribution in [2.24, 2.45) is 5.92 Å². The predicted octanol–water partition coefficient (Wildman–Crippen LogP) is 0.780. The lowest BCUT2D eigenvalue weighted by molar-refractivity contribution is 0.00894. The van der Waals surface area contributed by atoms with Crippen molar-refractivity contribution in [3.05, 3.63) is 0 Å². The summed E-state index contributed by atoms with van der Waals surface area (Å²) in [7, 11) is 0. The Labute approximate surface area is 136 Å². The van der Waals surface area contributed by atoms with Gasteiger partial charge in [0.2, 0.25) is 0 Å². The van der Waals surface area contributed by atoms with Gasteiger partial charge in [-0.25, -0.2) is 0 Å². The van der Waals surface area contributed by atoms with Crippen LogP contribution in [0.3, 0.4) is 0 Å². The van der Waals surface area contributed by atoms with Crippen molar-refractivity contribution >= 4 is 0 Å². The van der Waals surface area contributed by atoms with E-state index in [0.29, 0.717) is 12.6 Å². The van der Waals surface area contributed by atoms with Crippen molar-refractivity contribution in [3.8, 4) is 0 Å². The molecule has 0 amide bonds. The Morgan fingerprint density at radius 3 is 2.18 bits per heavy atom. The number of hydrogen-bond donors (Lipinski definition) is 2. The van der Waals surface area contributed by atoms with E-state index in [1.165, 1.54) is 39.0 Å². The van der Waals surface area contributed by atoms with Gasteiger partial charge in [0, 0.05) is 38.8 Å². The van der Waals surface area contributed by atoms with Gasteiger partial charge in [0.25, 0.3) is 0 Å². The highest BCUT2D eigenvalue weighted by Crippen LogP contribution is 2.17. The fourth-order valence-electron chi connectivity index (χ4n) is 3.02. The van der Waals surface area contributed by atoms with Gasteiger partial charge >= 0.3 is 0 Å². The highest BCUT2D eigenvalue weighted by Gasteiger charge is 2.27. The second-order valence-corrected chi connectivity index (χ2v) is 7.46. The first-order valence-electron chi connectivity index (χ1n) is 8.95. The van der Waals surface area contributed by atoms with Gasteiger partial charge in [0.05, 0.1) is 18.8 Å². The summed E-state index contributed by atoms with van der Waals surface area (Å²) in [4.78, 5) is 5.09. The molecule has 130 valence electrons. The molecular weight excluding hydrogens is 278 g/mol. The molecule has 2 N–H and O–H groups in total. The molecule has 0 bridgehead atoms. The molecule has 0 aromatic heterocycles. The maximum Gasteiger partial charge on any atom is 0.0766 e. The van der Waals surface area contributed by atoms with E-state index in [2.05, 4.69) is 29.0 Å². The van der Waals surface area contributed by atoms with Crippen LogP contribution in [0.1, 0.15) is 33.6 Å². The molecule has 0 aliphatic carbocycles. The lowest BCUT2D eigenvalue weighted by Gasteiger charge is -2.36. The van der Waals surface area contributed by atoms with Crippen LogP contribution in [0, 0.1) is 5.92 Å². The van der Waals surface area contributed by atoms with Gasteiger partial charge < -0.3 is 20.1 Å². The maximum absolute atomic E-state index is 10.3. The fourth-order valence-corrected chi connectivity index (χ4v) is 3.02. The van der Waals surface area contributed by atoms with E-state index in [1.807, 2.05) is 6.92 Å². The molecule has 22 heavy (non-hydrogen) atoms. The third-order valence-corrected chi connectivity index (χ3v) is 5.42. The molecule has 0 spiro atoms. The molecular formula is C17H35N3O2. The average molecular weight is 313 g/mol. The van der Waals surface area contributed by atoms with Gasteiger partial charge in [0.15, 0.2) is 0 Å². The zero-order valence-electron chi connectivity index (χ0n) is 14.7. The molecule has 0 saturated carbocycles. The molecule has 2 saturated heterocycles. The van der Waals surface area contributed by atoms with E-state index < -0.39 is 5.60 Å². The van der Waals surface area contributed by atoms with Crippen LogP contribution in [0.5, 0.6) is 0 Å². The van der Waals surface area contributed by atoms with Gasteiger partial charge in [0.1, 0.15) is 0 Å². The van der Waals surface area contributed by atoms with Gasteiger partial charge in [-0.15, -0.1) is 0 Å². The van der Waals surface area contributed by atoms with Crippen LogP contribution in [0.15, 0.2) is 0 Å². The van der Waals surface area contributed by atoms with E-state index >= 15 is 0 Å². The number of aliphatic hydroxyl groups is 1. The zero-order chi connectivity index (χ0) is 16.0. The number of nitrogens with one attached hydrogen (secondary N) is 1. The minimum atomic E-state index is -0.604. The van der Waals surface area contributed by atoms with E-state index in [9.17, 15) is 5.11 Å². The summed E-state index contributed by atoms with van der Waals surface area (Å²) in [6, 6.07) is 0.560. The van der Waals surface area contributed by atoms with Crippen molar-refractivity contribution in [1.82, 2.24) is 15.1 Å². The monoisotopic (exact) mass is 313 g/mol. The van der Waals surface area contributed by atoms with E-state index in [1.54, 1.807) is 0 Å². The quantitative estimate of drug-likeness (QED) is 0.727. The normalized spacial score (nSPS) is 25.5. The number of rotatable bonds is 7. The Balaban J connectivity index is 1.59. The SMILES string of the molecule is CC(C)C(C)(O)CNC1CCN(CCN2CCOCC2)CC1. The number of ether oxygens (including phenoxy) is 1. The molecule has 0 aromatic carbocycles.